The fourth-order valence-corrected chi connectivity index (χ4v) is 3.35. The molecule has 5 heteroatoms. The molecule has 0 aromatic heterocycles. The second-order valence-electron chi connectivity index (χ2n) is 6.13. The van der Waals surface area contributed by atoms with E-state index in [9.17, 15) is 0 Å². The fourth-order valence-electron chi connectivity index (χ4n) is 3.35. The Balaban J connectivity index is 1.42. The van der Waals surface area contributed by atoms with Crippen LogP contribution in [0.4, 0.5) is 0 Å². The first-order valence-electron chi connectivity index (χ1n) is 7.67. The van der Waals surface area contributed by atoms with E-state index in [4.69, 9.17) is 9.47 Å². The standard InChI is InChI=1S/C14H27N3O2/c1-15-5-7-16(8-6-15)9-10-17-4-2-3-14(13-17)18-11-12-19-14/h2-13H2,1H3. The zero-order valence-electron chi connectivity index (χ0n) is 12.1. The van der Waals surface area contributed by atoms with Gasteiger partial charge in [0.25, 0.3) is 0 Å². The number of piperidine rings is 1. The van der Waals surface area contributed by atoms with Crippen LogP contribution in [-0.4, -0.2) is 93.1 Å². The van der Waals surface area contributed by atoms with Crippen LogP contribution in [0.2, 0.25) is 0 Å². The molecular formula is C14H27N3O2. The number of piperazine rings is 1. The normalized spacial score (nSPS) is 30.2. The molecule has 3 saturated heterocycles. The summed E-state index contributed by atoms with van der Waals surface area (Å²) in [7, 11) is 2.21. The summed E-state index contributed by atoms with van der Waals surface area (Å²) in [5.41, 5.74) is 0. The second-order valence-corrected chi connectivity index (χ2v) is 6.13. The molecule has 0 bridgehead atoms. The summed E-state index contributed by atoms with van der Waals surface area (Å²) < 4.78 is 11.7. The van der Waals surface area contributed by atoms with Crippen LogP contribution in [0.3, 0.4) is 0 Å². The summed E-state index contributed by atoms with van der Waals surface area (Å²) in [6.07, 6.45) is 2.26. The van der Waals surface area contributed by atoms with E-state index in [0.717, 1.165) is 32.7 Å². The van der Waals surface area contributed by atoms with Crippen LogP contribution in [0.5, 0.6) is 0 Å². The molecule has 5 nitrogen and oxygen atoms in total. The fraction of sp³-hybridized carbons (Fsp3) is 1.00. The summed E-state index contributed by atoms with van der Waals surface area (Å²) in [4.78, 5) is 7.51. The van der Waals surface area contributed by atoms with Gasteiger partial charge in [0.2, 0.25) is 0 Å². The summed E-state index contributed by atoms with van der Waals surface area (Å²) in [6.45, 7) is 10.9. The van der Waals surface area contributed by atoms with E-state index in [1.165, 1.54) is 45.7 Å². The molecule has 0 saturated carbocycles. The summed E-state index contributed by atoms with van der Waals surface area (Å²) >= 11 is 0. The Hall–Kier alpha value is -0.200. The summed E-state index contributed by atoms with van der Waals surface area (Å²) in [5, 5.41) is 0. The Morgan fingerprint density at radius 1 is 0.895 bits per heavy atom. The number of likely N-dealkylation sites (tertiary alicyclic amines) is 1. The molecule has 110 valence electrons. The highest BCUT2D eigenvalue weighted by atomic mass is 16.7. The number of ether oxygens (including phenoxy) is 2. The number of rotatable bonds is 3. The minimum absolute atomic E-state index is 0.264. The average Bonchev–Trinajstić information content (AvgIpc) is 2.86. The molecular weight excluding hydrogens is 242 g/mol. The van der Waals surface area contributed by atoms with E-state index >= 15 is 0 Å². The minimum Gasteiger partial charge on any atom is -0.346 e. The topological polar surface area (TPSA) is 28.2 Å². The van der Waals surface area contributed by atoms with Crippen LogP contribution in [0.1, 0.15) is 12.8 Å². The van der Waals surface area contributed by atoms with Crippen molar-refractivity contribution >= 4 is 0 Å². The van der Waals surface area contributed by atoms with Crippen molar-refractivity contribution in [2.75, 3.05) is 72.6 Å². The van der Waals surface area contributed by atoms with E-state index in [2.05, 4.69) is 21.7 Å². The summed E-state index contributed by atoms with van der Waals surface area (Å²) in [5.74, 6) is -0.264. The van der Waals surface area contributed by atoms with Crippen molar-refractivity contribution < 1.29 is 9.47 Å². The van der Waals surface area contributed by atoms with Crippen molar-refractivity contribution in [1.82, 2.24) is 14.7 Å². The maximum atomic E-state index is 5.83. The predicted octanol–water partition coefficient (Wildman–Crippen LogP) is 0.0727. The molecule has 3 aliphatic heterocycles. The van der Waals surface area contributed by atoms with E-state index in [1.54, 1.807) is 0 Å². The lowest BCUT2D eigenvalue weighted by molar-refractivity contribution is -0.189. The molecule has 3 aliphatic rings. The molecule has 3 fully saturated rings. The van der Waals surface area contributed by atoms with Gasteiger partial charge >= 0.3 is 0 Å². The monoisotopic (exact) mass is 269 g/mol. The van der Waals surface area contributed by atoms with Gasteiger partial charge in [0.05, 0.1) is 19.8 Å². The molecule has 1 spiro atoms. The molecule has 0 radical (unpaired) electrons. The van der Waals surface area contributed by atoms with Gasteiger partial charge < -0.3 is 14.4 Å². The van der Waals surface area contributed by atoms with Crippen molar-refractivity contribution in [2.45, 2.75) is 18.6 Å². The Kier molecular flexibility index (Phi) is 4.39. The van der Waals surface area contributed by atoms with Gasteiger partial charge in [-0.1, -0.05) is 0 Å². The van der Waals surface area contributed by atoms with Gasteiger partial charge in [0.15, 0.2) is 5.79 Å². The van der Waals surface area contributed by atoms with Crippen molar-refractivity contribution in [3.63, 3.8) is 0 Å². The molecule has 0 unspecified atom stereocenters. The third-order valence-corrected chi connectivity index (χ3v) is 4.64. The Morgan fingerprint density at radius 2 is 1.58 bits per heavy atom. The van der Waals surface area contributed by atoms with Crippen LogP contribution in [0.15, 0.2) is 0 Å². The van der Waals surface area contributed by atoms with E-state index in [-0.39, 0.29) is 5.79 Å². The third kappa shape index (κ3) is 3.47. The lowest BCUT2D eigenvalue weighted by Crippen LogP contribution is -2.52. The summed E-state index contributed by atoms with van der Waals surface area (Å²) in [6, 6.07) is 0. The Bertz CT molecular complexity index is 286. The maximum Gasteiger partial charge on any atom is 0.181 e. The van der Waals surface area contributed by atoms with Crippen LogP contribution in [-0.2, 0) is 9.47 Å². The zero-order valence-corrected chi connectivity index (χ0v) is 12.1. The van der Waals surface area contributed by atoms with E-state index in [0.29, 0.717) is 0 Å². The highest BCUT2D eigenvalue weighted by molar-refractivity contribution is 4.84. The van der Waals surface area contributed by atoms with Crippen molar-refractivity contribution in [3.05, 3.63) is 0 Å². The van der Waals surface area contributed by atoms with Crippen LogP contribution < -0.4 is 0 Å². The van der Waals surface area contributed by atoms with Gasteiger partial charge in [-0.25, -0.2) is 0 Å². The minimum atomic E-state index is -0.264. The smallest absolute Gasteiger partial charge is 0.181 e. The predicted molar refractivity (Wildman–Crippen MR) is 74.2 cm³/mol. The SMILES string of the molecule is CN1CCN(CCN2CCCC3(C2)OCCO3)CC1. The molecule has 3 heterocycles. The molecule has 3 rings (SSSR count). The first-order chi connectivity index (χ1) is 9.26. The van der Waals surface area contributed by atoms with Crippen LogP contribution >= 0.6 is 0 Å². The number of nitrogens with zero attached hydrogens (tertiary/aromatic N) is 3. The van der Waals surface area contributed by atoms with E-state index in [1.807, 2.05) is 0 Å². The lowest BCUT2D eigenvalue weighted by Gasteiger charge is -2.40. The molecule has 0 atom stereocenters. The zero-order chi connectivity index (χ0) is 13.1. The van der Waals surface area contributed by atoms with Gasteiger partial charge in [-0.2, -0.15) is 0 Å². The molecule has 0 amide bonds. The molecule has 19 heavy (non-hydrogen) atoms. The largest absolute Gasteiger partial charge is 0.346 e. The quantitative estimate of drug-likeness (QED) is 0.723. The van der Waals surface area contributed by atoms with Gasteiger partial charge in [-0.05, 0) is 20.0 Å². The van der Waals surface area contributed by atoms with Crippen LogP contribution in [0.25, 0.3) is 0 Å². The maximum absolute atomic E-state index is 5.83. The Labute approximate surface area is 116 Å². The van der Waals surface area contributed by atoms with Gasteiger partial charge in [-0.3, -0.25) is 9.80 Å². The highest BCUT2D eigenvalue weighted by Gasteiger charge is 2.40. The van der Waals surface area contributed by atoms with Gasteiger partial charge in [0.1, 0.15) is 0 Å². The van der Waals surface area contributed by atoms with Gasteiger partial charge in [0, 0.05) is 45.7 Å². The lowest BCUT2D eigenvalue weighted by atomic mass is 10.0. The van der Waals surface area contributed by atoms with Crippen LogP contribution in [0, 0.1) is 0 Å². The van der Waals surface area contributed by atoms with Crippen molar-refractivity contribution in [3.8, 4) is 0 Å². The second kappa shape index (κ2) is 6.06. The van der Waals surface area contributed by atoms with Crippen molar-refractivity contribution in [2.24, 2.45) is 0 Å². The highest BCUT2D eigenvalue weighted by Crippen LogP contribution is 2.29. The molecule has 0 aliphatic carbocycles. The average molecular weight is 269 g/mol. The Morgan fingerprint density at radius 3 is 2.32 bits per heavy atom. The number of hydrogen-bond acceptors (Lipinski definition) is 5. The van der Waals surface area contributed by atoms with Gasteiger partial charge in [-0.15, -0.1) is 0 Å². The first-order valence-corrected chi connectivity index (χ1v) is 7.67. The molecule has 0 aromatic carbocycles. The van der Waals surface area contributed by atoms with E-state index < -0.39 is 0 Å². The molecule has 0 N–H and O–H groups in total. The molecule has 0 aromatic rings. The first kappa shape index (κ1) is 13.8. The van der Waals surface area contributed by atoms with Crippen molar-refractivity contribution in [1.29, 1.82) is 0 Å². The third-order valence-electron chi connectivity index (χ3n) is 4.64. The number of likely N-dealkylation sites (N-methyl/N-ethyl adjacent to an activating group) is 1. The number of hydrogen-bond donors (Lipinski definition) is 0.